The number of rotatable bonds is 5. The van der Waals surface area contributed by atoms with Crippen LogP contribution in [0.3, 0.4) is 0 Å². The van der Waals surface area contributed by atoms with Crippen molar-refractivity contribution in [1.29, 1.82) is 0 Å². The van der Waals surface area contributed by atoms with Crippen LogP contribution in [0.4, 0.5) is 11.4 Å². The molecule has 1 N–H and O–H groups in total. The van der Waals surface area contributed by atoms with Gasteiger partial charge in [-0.3, -0.25) is 9.59 Å². The third kappa shape index (κ3) is 3.57. The fourth-order valence-electron chi connectivity index (χ4n) is 2.90. The molecule has 130 valence electrons. The average Bonchev–Trinajstić information content (AvgIpc) is 3.03. The van der Waals surface area contributed by atoms with Crippen molar-refractivity contribution in [2.45, 2.75) is 6.42 Å². The second kappa shape index (κ2) is 7.25. The minimum Gasteiger partial charge on any atom is -0.497 e. The number of anilines is 2. The molecule has 1 aliphatic rings. The predicted molar refractivity (Wildman–Crippen MR) is 95.1 cm³/mol. The number of carbonyl (C=O) groups excluding carboxylic acids is 2. The molecular formula is C19H20N2O4. The Labute approximate surface area is 146 Å². The van der Waals surface area contributed by atoms with Gasteiger partial charge >= 0.3 is 0 Å². The zero-order valence-corrected chi connectivity index (χ0v) is 14.2. The number of methoxy groups -OCH3 is 2. The first kappa shape index (κ1) is 16.8. The van der Waals surface area contributed by atoms with E-state index in [1.54, 1.807) is 37.3 Å². The minimum absolute atomic E-state index is 0.182. The molecular weight excluding hydrogens is 320 g/mol. The van der Waals surface area contributed by atoms with Gasteiger partial charge in [-0.1, -0.05) is 18.2 Å². The number of carbonyl (C=O) groups is 2. The van der Waals surface area contributed by atoms with Gasteiger partial charge in [0.25, 0.3) is 0 Å². The van der Waals surface area contributed by atoms with Crippen molar-refractivity contribution < 1.29 is 19.1 Å². The molecule has 1 fully saturated rings. The first-order valence-electron chi connectivity index (χ1n) is 8.02. The Bertz CT molecular complexity index is 754. The maximum atomic E-state index is 12.6. The summed E-state index contributed by atoms with van der Waals surface area (Å²) >= 11 is 0. The first-order valence-corrected chi connectivity index (χ1v) is 8.02. The molecule has 1 atom stereocenters. The molecule has 0 bridgehead atoms. The van der Waals surface area contributed by atoms with E-state index in [1.165, 1.54) is 0 Å². The number of amides is 2. The Morgan fingerprint density at radius 2 is 1.72 bits per heavy atom. The Kier molecular flexibility index (Phi) is 4.88. The number of nitrogens with zero attached hydrogens (tertiary/aromatic N) is 1. The van der Waals surface area contributed by atoms with Gasteiger partial charge in [0.05, 0.1) is 14.2 Å². The maximum Gasteiger partial charge on any atom is 0.239 e. The highest BCUT2D eigenvalue weighted by molar-refractivity contribution is 6.13. The molecule has 0 unspecified atom stereocenters. The zero-order valence-electron chi connectivity index (χ0n) is 14.2. The molecule has 6 heteroatoms. The fourth-order valence-corrected chi connectivity index (χ4v) is 2.90. The van der Waals surface area contributed by atoms with Crippen LogP contribution in [0.2, 0.25) is 0 Å². The lowest BCUT2D eigenvalue weighted by Crippen LogP contribution is -2.33. The second-order valence-corrected chi connectivity index (χ2v) is 5.76. The van der Waals surface area contributed by atoms with E-state index in [9.17, 15) is 9.59 Å². The third-order valence-electron chi connectivity index (χ3n) is 4.21. The monoisotopic (exact) mass is 340 g/mol. The van der Waals surface area contributed by atoms with Crippen molar-refractivity contribution in [3.8, 4) is 11.5 Å². The van der Waals surface area contributed by atoms with Crippen LogP contribution in [0, 0.1) is 5.92 Å². The van der Waals surface area contributed by atoms with Crippen LogP contribution < -0.4 is 19.7 Å². The smallest absolute Gasteiger partial charge is 0.239 e. The van der Waals surface area contributed by atoms with Gasteiger partial charge in [-0.2, -0.15) is 0 Å². The SMILES string of the molecule is COc1cc(NC(=O)[C@H]2CCN(c3ccccc3)C2=O)cc(OC)c1. The van der Waals surface area contributed by atoms with Gasteiger partial charge in [0.2, 0.25) is 11.8 Å². The van der Waals surface area contributed by atoms with Crippen molar-refractivity contribution in [3.63, 3.8) is 0 Å². The van der Waals surface area contributed by atoms with E-state index >= 15 is 0 Å². The lowest BCUT2D eigenvalue weighted by molar-refractivity contribution is -0.129. The van der Waals surface area contributed by atoms with E-state index in [4.69, 9.17) is 9.47 Å². The van der Waals surface area contributed by atoms with Crippen LogP contribution in [0.25, 0.3) is 0 Å². The highest BCUT2D eigenvalue weighted by Crippen LogP contribution is 2.29. The number of ether oxygens (including phenoxy) is 2. The molecule has 0 saturated carbocycles. The molecule has 1 saturated heterocycles. The molecule has 1 aliphatic heterocycles. The largest absolute Gasteiger partial charge is 0.497 e. The summed E-state index contributed by atoms with van der Waals surface area (Å²) in [5.41, 5.74) is 1.35. The van der Waals surface area contributed by atoms with E-state index in [2.05, 4.69) is 5.32 Å². The lowest BCUT2D eigenvalue weighted by atomic mass is 10.1. The lowest BCUT2D eigenvalue weighted by Gasteiger charge is -2.17. The van der Waals surface area contributed by atoms with Crippen molar-refractivity contribution in [2.75, 3.05) is 31.0 Å². The molecule has 0 spiro atoms. The van der Waals surface area contributed by atoms with Gasteiger partial charge in [0.1, 0.15) is 17.4 Å². The van der Waals surface area contributed by atoms with Gasteiger partial charge < -0.3 is 19.7 Å². The Hall–Kier alpha value is -3.02. The average molecular weight is 340 g/mol. The number of hydrogen-bond donors (Lipinski definition) is 1. The first-order chi connectivity index (χ1) is 12.1. The quantitative estimate of drug-likeness (QED) is 0.850. The Balaban J connectivity index is 1.73. The molecule has 1 heterocycles. The summed E-state index contributed by atoms with van der Waals surface area (Å²) < 4.78 is 10.4. The minimum atomic E-state index is -0.697. The molecule has 6 nitrogen and oxygen atoms in total. The summed E-state index contributed by atoms with van der Waals surface area (Å²) in [5.74, 6) is -0.0636. The van der Waals surface area contributed by atoms with Crippen molar-refractivity contribution in [2.24, 2.45) is 5.92 Å². The van der Waals surface area contributed by atoms with Gasteiger partial charge in [-0.05, 0) is 18.6 Å². The fraction of sp³-hybridized carbons (Fsp3) is 0.263. The molecule has 2 aromatic rings. The van der Waals surface area contributed by atoms with Crippen molar-refractivity contribution >= 4 is 23.2 Å². The highest BCUT2D eigenvalue weighted by atomic mass is 16.5. The molecule has 3 rings (SSSR count). The number of para-hydroxylation sites is 1. The van der Waals surface area contributed by atoms with Crippen LogP contribution in [0.1, 0.15) is 6.42 Å². The molecule has 0 radical (unpaired) electrons. The summed E-state index contributed by atoms with van der Waals surface area (Å²) in [6, 6.07) is 14.5. The normalized spacial score (nSPS) is 16.6. The van der Waals surface area contributed by atoms with E-state index in [-0.39, 0.29) is 11.8 Å². The second-order valence-electron chi connectivity index (χ2n) is 5.76. The standard InChI is InChI=1S/C19H20N2O4/c1-24-15-10-13(11-16(12-15)25-2)20-18(22)17-8-9-21(19(17)23)14-6-4-3-5-7-14/h3-7,10-12,17H,8-9H2,1-2H3,(H,20,22)/t17-/m1/s1. The van der Waals surface area contributed by atoms with Crippen molar-refractivity contribution in [1.82, 2.24) is 0 Å². The maximum absolute atomic E-state index is 12.6. The number of nitrogens with one attached hydrogen (secondary N) is 1. The number of benzene rings is 2. The summed E-state index contributed by atoms with van der Waals surface area (Å²) in [6.07, 6.45) is 0.487. The van der Waals surface area contributed by atoms with E-state index in [0.29, 0.717) is 30.2 Å². The molecule has 0 aliphatic carbocycles. The Morgan fingerprint density at radius 3 is 2.32 bits per heavy atom. The number of hydrogen-bond acceptors (Lipinski definition) is 4. The van der Waals surface area contributed by atoms with E-state index in [0.717, 1.165) is 5.69 Å². The van der Waals surface area contributed by atoms with Crippen LogP contribution in [0.5, 0.6) is 11.5 Å². The zero-order chi connectivity index (χ0) is 17.8. The third-order valence-corrected chi connectivity index (χ3v) is 4.21. The van der Waals surface area contributed by atoms with Crippen LogP contribution in [0.15, 0.2) is 48.5 Å². The van der Waals surface area contributed by atoms with Crippen LogP contribution in [-0.4, -0.2) is 32.6 Å². The summed E-state index contributed by atoms with van der Waals surface area (Å²) in [5, 5.41) is 2.79. The molecule has 2 aromatic carbocycles. The van der Waals surface area contributed by atoms with Gasteiger partial charge in [0, 0.05) is 36.1 Å². The van der Waals surface area contributed by atoms with E-state index in [1.807, 2.05) is 30.3 Å². The summed E-state index contributed by atoms with van der Waals surface area (Å²) in [4.78, 5) is 26.8. The van der Waals surface area contributed by atoms with Crippen molar-refractivity contribution in [3.05, 3.63) is 48.5 Å². The summed E-state index contributed by atoms with van der Waals surface area (Å²) in [7, 11) is 3.08. The molecule has 25 heavy (non-hydrogen) atoms. The van der Waals surface area contributed by atoms with Crippen LogP contribution >= 0.6 is 0 Å². The van der Waals surface area contributed by atoms with E-state index < -0.39 is 5.92 Å². The van der Waals surface area contributed by atoms with Gasteiger partial charge in [-0.25, -0.2) is 0 Å². The topological polar surface area (TPSA) is 67.9 Å². The predicted octanol–water partition coefficient (Wildman–Crippen LogP) is 2.70. The molecule has 0 aromatic heterocycles. The van der Waals surface area contributed by atoms with Crippen LogP contribution in [-0.2, 0) is 9.59 Å². The highest BCUT2D eigenvalue weighted by Gasteiger charge is 2.37. The Morgan fingerprint density at radius 1 is 1.08 bits per heavy atom. The van der Waals surface area contributed by atoms with Gasteiger partial charge in [0.15, 0.2) is 0 Å². The summed E-state index contributed by atoms with van der Waals surface area (Å²) in [6.45, 7) is 0.530. The molecule has 2 amide bonds. The van der Waals surface area contributed by atoms with Gasteiger partial charge in [-0.15, -0.1) is 0 Å².